The maximum absolute atomic E-state index is 12.5. The van der Waals surface area contributed by atoms with E-state index in [-0.39, 0.29) is 5.91 Å². The minimum atomic E-state index is -0.0662. The van der Waals surface area contributed by atoms with Crippen molar-refractivity contribution in [2.24, 2.45) is 0 Å². The van der Waals surface area contributed by atoms with E-state index in [4.69, 9.17) is 4.42 Å². The summed E-state index contributed by atoms with van der Waals surface area (Å²) < 4.78 is 5.81. The third-order valence-electron chi connectivity index (χ3n) is 4.74. The van der Waals surface area contributed by atoms with Gasteiger partial charge in [0.25, 0.3) is 0 Å². The summed E-state index contributed by atoms with van der Waals surface area (Å²) >= 11 is 0. The molecule has 4 aromatic rings. The summed E-state index contributed by atoms with van der Waals surface area (Å²) in [5, 5.41) is 3.02. The second-order valence-corrected chi connectivity index (χ2v) is 6.94. The highest BCUT2D eigenvalue weighted by molar-refractivity contribution is 5.95. The monoisotopic (exact) mass is 382 g/mol. The van der Waals surface area contributed by atoms with Crippen LogP contribution in [-0.4, -0.2) is 10.9 Å². The fraction of sp³-hybridized carbons (Fsp3) is 0.120. The van der Waals surface area contributed by atoms with Crippen molar-refractivity contribution in [1.82, 2.24) is 4.98 Å². The van der Waals surface area contributed by atoms with Crippen molar-refractivity contribution in [2.45, 2.75) is 19.8 Å². The Labute approximate surface area is 170 Å². The van der Waals surface area contributed by atoms with Crippen molar-refractivity contribution in [3.8, 4) is 22.5 Å². The molecule has 29 heavy (non-hydrogen) atoms. The van der Waals surface area contributed by atoms with Gasteiger partial charge >= 0.3 is 0 Å². The molecule has 4 rings (SSSR count). The molecule has 1 aromatic heterocycles. The van der Waals surface area contributed by atoms with Gasteiger partial charge in [-0.3, -0.25) is 4.79 Å². The van der Waals surface area contributed by atoms with Crippen LogP contribution in [0.3, 0.4) is 0 Å². The SMILES string of the molecule is Cc1ccc(-c2cnc(CCC(=O)Nc3ccccc3-c3ccccc3)o2)cc1. The number of aromatic nitrogens is 1. The Kier molecular flexibility index (Phi) is 5.52. The number of benzene rings is 3. The molecule has 0 saturated carbocycles. The second-order valence-electron chi connectivity index (χ2n) is 6.94. The quantitative estimate of drug-likeness (QED) is 0.452. The molecule has 0 bridgehead atoms. The zero-order chi connectivity index (χ0) is 20.1. The average Bonchev–Trinajstić information content (AvgIpc) is 3.23. The van der Waals surface area contributed by atoms with Crippen LogP contribution in [0.4, 0.5) is 5.69 Å². The number of carbonyl (C=O) groups excluding carboxylic acids is 1. The summed E-state index contributed by atoms with van der Waals surface area (Å²) in [6, 6.07) is 25.9. The largest absolute Gasteiger partial charge is 0.441 e. The zero-order valence-corrected chi connectivity index (χ0v) is 16.3. The molecule has 0 aliphatic heterocycles. The highest BCUT2D eigenvalue weighted by Crippen LogP contribution is 2.28. The number of aryl methyl sites for hydroxylation is 2. The fourth-order valence-corrected chi connectivity index (χ4v) is 3.17. The third kappa shape index (κ3) is 4.61. The van der Waals surface area contributed by atoms with Gasteiger partial charge in [-0.1, -0.05) is 78.4 Å². The molecule has 3 aromatic carbocycles. The van der Waals surface area contributed by atoms with E-state index in [1.54, 1.807) is 6.20 Å². The van der Waals surface area contributed by atoms with Gasteiger partial charge in [-0.15, -0.1) is 0 Å². The van der Waals surface area contributed by atoms with Gasteiger partial charge in [-0.05, 0) is 18.6 Å². The lowest BCUT2D eigenvalue weighted by molar-refractivity contribution is -0.116. The number of rotatable bonds is 6. The molecule has 0 unspecified atom stereocenters. The van der Waals surface area contributed by atoms with Gasteiger partial charge in [0.2, 0.25) is 5.91 Å². The number of hydrogen-bond donors (Lipinski definition) is 1. The van der Waals surface area contributed by atoms with Crippen LogP contribution in [0.2, 0.25) is 0 Å². The van der Waals surface area contributed by atoms with Crippen LogP contribution in [0.15, 0.2) is 89.5 Å². The maximum Gasteiger partial charge on any atom is 0.224 e. The molecule has 0 fully saturated rings. The van der Waals surface area contributed by atoms with Crippen molar-refractivity contribution in [3.63, 3.8) is 0 Å². The van der Waals surface area contributed by atoms with E-state index in [0.29, 0.717) is 18.7 Å². The lowest BCUT2D eigenvalue weighted by atomic mass is 10.0. The molecule has 0 atom stereocenters. The van der Waals surface area contributed by atoms with Crippen LogP contribution in [0.5, 0.6) is 0 Å². The van der Waals surface area contributed by atoms with E-state index < -0.39 is 0 Å². The average molecular weight is 382 g/mol. The van der Waals surface area contributed by atoms with Gasteiger partial charge in [0, 0.05) is 29.7 Å². The lowest BCUT2D eigenvalue weighted by Crippen LogP contribution is -2.13. The first-order valence-electron chi connectivity index (χ1n) is 9.65. The molecule has 1 N–H and O–H groups in total. The van der Waals surface area contributed by atoms with Crippen molar-refractivity contribution < 1.29 is 9.21 Å². The summed E-state index contributed by atoms with van der Waals surface area (Å²) in [5.74, 6) is 1.21. The van der Waals surface area contributed by atoms with Crippen molar-refractivity contribution in [2.75, 3.05) is 5.32 Å². The van der Waals surface area contributed by atoms with E-state index in [1.807, 2.05) is 85.8 Å². The topological polar surface area (TPSA) is 55.1 Å². The minimum absolute atomic E-state index is 0.0662. The lowest BCUT2D eigenvalue weighted by Gasteiger charge is -2.11. The normalized spacial score (nSPS) is 10.7. The first-order chi connectivity index (χ1) is 14.2. The number of nitrogens with zero attached hydrogens (tertiary/aromatic N) is 1. The number of oxazole rings is 1. The minimum Gasteiger partial charge on any atom is -0.441 e. The highest BCUT2D eigenvalue weighted by atomic mass is 16.4. The summed E-state index contributed by atoms with van der Waals surface area (Å²) in [6.07, 6.45) is 2.46. The number of amides is 1. The van der Waals surface area contributed by atoms with E-state index in [0.717, 1.165) is 28.1 Å². The van der Waals surface area contributed by atoms with E-state index >= 15 is 0 Å². The van der Waals surface area contributed by atoms with Gasteiger partial charge in [-0.2, -0.15) is 0 Å². The molecular weight excluding hydrogens is 360 g/mol. The second kappa shape index (κ2) is 8.57. The first kappa shape index (κ1) is 18.7. The Hall–Kier alpha value is -3.66. The molecule has 0 aliphatic carbocycles. The third-order valence-corrected chi connectivity index (χ3v) is 4.74. The molecule has 0 spiro atoms. The van der Waals surface area contributed by atoms with Crippen molar-refractivity contribution >= 4 is 11.6 Å². The van der Waals surface area contributed by atoms with Gasteiger partial charge in [0.05, 0.1) is 6.20 Å². The number of hydrogen-bond acceptors (Lipinski definition) is 3. The Morgan fingerprint density at radius 3 is 2.41 bits per heavy atom. The molecule has 144 valence electrons. The van der Waals surface area contributed by atoms with Crippen LogP contribution in [-0.2, 0) is 11.2 Å². The summed E-state index contributed by atoms with van der Waals surface area (Å²) in [7, 11) is 0. The summed E-state index contributed by atoms with van der Waals surface area (Å²) in [4.78, 5) is 16.8. The van der Waals surface area contributed by atoms with Crippen LogP contribution in [0, 0.1) is 6.92 Å². The molecule has 0 aliphatic rings. The molecule has 0 saturated heterocycles. The maximum atomic E-state index is 12.5. The Balaban J connectivity index is 1.40. The fourth-order valence-electron chi connectivity index (χ4n) is 3.17. The number of anilines is 1. The zero-order valence-electron chi connectivity index (χ0n) is 16.3. The molecule has 4 heteroatoms. The highest BCUT2D eigenvalue weighted by Gasteiger charge is 2.11. The molecule has 0 radical (unpaired) electrons. The van der Waals surface area contributed by atoms with E-state index in [1.165, 1.54) is 5.56 Å². The van der Waals surface area contributed by atoms with Gasteiger partial charge in [-0.25, -0.2) is 4.98 Å². The first-order valence-corrected chi connectivity index (χ1v) is 9.65. The Bertz CT molecular complexity index is 1100. The van der Waals surface area contributed by atoms with Crippen molar-refractivity contribution in [3.05, 3.63) is 96.5 Å². The molecule has 4 nitrogen and oxygen atoms in total. The molecule has 1 heterocycles. The predicted molar refractivity (Wildman–Crippen MR) is 116 cm³/mol. The number of para-hydroxylation sites is 1. The van der Waals surface area contributed by atoms with E-state index in [2.05, 4.69) is 10.3 Å². The Morgan fingerprint density at radius 2 is 1.62 bits per heavy atom. The van der Waals surface area contributed by atoms with Crippen LogP contribution in [0.1, 0.15) is 17.9 Å². The van der Waals surface area contributed by atoms with E-state index in [9.17, 15) is 4.79 Å². The van der Waals surface area contributed by atoms with Crippen LogP contribution < -0.4 is 5.32 Å². The van der Waals surface area contributed by atoms with Crippen LogP contribution >= 0.6 is 0 Å². The predicted octanol–water partition coefficient (Wildman–Crippen LogP) is 5.89. The number of carbonyl (C=O) groups is 1. The summed E-state index contributed by atoms with van der Waals surface area (Å²) in [6.45, 7) is 2.05. The molecule has 1 amide bonds. The van der Waals surface area contributed by atoms with Gasteiger partial charge in [0.1, 0.15) is 0 Å². The summed E-state index contributed by atoms with van der Waals surface area (Å²) in [5.41, 5.74) is 5.05. The molecular formula is C25H22N2O2. The Morgan fingerprint density at radius 1 is 0.897 bits per heavy atom. The van der Waals surface area contributed by atoms with Crippen molar-refractivity contribution in [1.29, 1.82) is 0 Å². The van der Waals surface area contributed by atoms with Gasteiger partial charge in [0.15, 0.2) is 11.7 Å². The van der Waals surface area contributed by atoms with Gasteiger partial charge < -0.3 is 9.73 Å². The number of nitrogens with one attached hydrogen (secondary N) is 1. The smallest absolute Gasteiger partial charge is 0.224 e. The van der Waals surface area contributed by atoms with Crippen LogP contribution in [0.25, 0.3) is 22.5 Å². The standard InChI is InChI=1S/C25H22N2O2/c1-18-11-13-20(14-12-18)23-17-26-25(29-23)16-15-24(28)27-22-10-6-5-9-21(22)19-7-3-2-4-8-19/h2-14,17H,15-16H2,1H3,(H,27,28).